The van der Waals surface area contributed by atoms with Crippen LogP contribution < -0.4 is 5.32 Å². The van der Waals surface area contributed by atoms with Crippen molar-refractivity contribution in [1.29, 1.82) is 0 Å². The maximum atomic E-state index is 3.69. The zero-order valence-corrected chi connectivity index (χ0v) is 13.3. The van der Waals surface area contributed by atoms with Gasteiger partial charge in [0.2, 0.25) is 0 Å². The molecule has 0 aliphatic heterocycles. The molecule has 0 radical (unpaired) electrons. The Bertz CT molecular complexity index is 563. The van der Waals surface area contributed by atoms with Crippen molar-refractivity contribution in [2.24, 2.45) is 0 Å². The highest BCUT2D eigenvalue weighted by Gasteiger charge is 2.15. The average molecular weight is 318 g/mol. The highest BCUT2D eigenvalue weighted by atomic mass is 79.9. The Kier molecular flexibility index (Phi) is 4.78. The molecule has 2 rings (SSSR count). The van der Waals surface area contributed by atoms with Gasteiger partial charge in [0.05, 0.1) is 6.04 Å². The molecule has 2 heteroatoms. The minimum atomic E-state index is 0.236. The Balaban J connectivity index is 2.45. The number of hydrogen-bond donors (Lipinski definition) is 1. The summed E-state index contributed by atoms with van der Waals surface area (Å²) in [7, 11) is 0. The predicted molar refractivity (Wildman–Crippen MR) is 85.6 cm³/mol. The first-order chi connectivity index (χ1) is 9.11. The minimum absolute atomic E-state index is 0.236. The molecule has 0 saturated carbocycles. The molecular formula is C17H20BrN. The third-order valence-corrected chi connectivity index (χ3v) is 3.94. The fourth-order valence-corrected chi connectivity index (χ4v) is 3.05. The van der Waals surface area contributed by atoms with Crippen LogP contribution in [0, 0.1) is 13.8 Å². The second-order valence-corrected chi connectivity index (χ2v) is 5.78. The van der Waals surface area contributed by atoms with Gasteiger partial charge in [-0.15, -0.1) is 0 Å². The summed E-state index contributed by atoms with van der Waals surface area (Å²) in [5.74, 6) is 0. The quantitative estimate of drug-likeness (QED) is 0.856. The van der Waals surface area contributed by atoms with Crippen LogP contribution in [0.1, 0.15) is 35.2 Å². The van der Waals surface area contributed by atoms with Gasteiger partial charge in [-0.3, -0.25) is 0 Å². The number of rotatable bonds is 4. The molecule has 1 unspecified atom stereocenters. The van der Waals surface area contributed by atoms with E-state index in [-0.39, 0.29) is 6.04 Å². The van der Waals surface area contributed by atoms with E-state index in [0.29, 0.717) is 0 Å². The summed E-state index contributed by atoms with van der Waals surface area (Å²) in [6, 6.07) is 15.5. The summed E-state index contributed by atoms with van der Waals surface area (Å²) >= 11 is 3.69. The van der Waals surface area contributed by atoms with Crippen LogP contribution in [0.4, 0.5) is 0 Å². The number of halogens is 1. The number of aryl methyl sites for hydroxylation is 2. The van der Waals surface area contributed by atoms with Gasteiger partial charge in [0.1, 0.15) is 0 Å². The molecule has 0 bridgehead atoms. The summed E-state index contributed by atoms with van der Waals surface area (Å²) in [4.78, 5) is 0. The van der Waals surface area contributed by atoms with Crippen LogP contribution >= 0.6 is 15.9 Å². The van der Waals surface area contributed by atoms with E-state index in [1.54, 1.807) is 0 Å². The van der Waals surface area contributed by atoms with Gasteiger partial charge in [0, 0.05) is 4.47 Å². The molecule has 1 nitrogen and oxygen atoms in total. The molecule has 0 aliphatic carbocycles. The predicted octanol–water partition coefficient (Wildman–Crippen LogP) is 4.76. The standard InChI is InChI=1S/C17H20BrN/c1-4-19-17(14-7-5-6-12(2)10-14)15-9-8-13(3)11-16(15)18/h5-11,17,19H,4H2,1-3H3. The van der Waals surface area contributed by atoms with E-state index in [2.05, 4.69) is 84.5 Å². The van der Waals surface area contributed by atoms with Crippen molar-refractivity contribution in [2.75, 3.05) is 6.54 Å². The van der Waals surface area contributed by atoms with E-state index in [0.717, 1.165) is 6.54 Å². The first-order valence-electron chi connectivity index (χ1n) is 6.68. The van der Waals surface area contributed by atoms with Gasteiger partial charge in [0.15, 0.2) is 0 Å². The lowest BCUT2D eigenvalue weighted by molar-refractivity contribution is 0.628. The second-order valence-electron chi connectivity index (χ2n) is 4.93. The zero-order valence-electron chi connectivity index (χ0n) is 11.7. The summed E-state index contributed by atoms with van der Waals surface area (Å²) in [5.41, 5.74) is 5.17. The summed E-state index contributed by atoms with van der Waals surface area (Å²) in [5, 5.41) is 3.57. The number of nitrogens with one attached hydrogen (secondary N) is 1. The van der Waals surface area contributed by atoms with E-state index in [1.807, 2.05) is 0 Å². The van der Waals surface area contributed by atoms with Crippen LogP contribution in [-0.2, 0) is 0 Å². The van der Waals surface area contributed by atoms with Crippen molar-refractivity contribution < 1.29 is 0 Å². The molecule has 0 aromatic heterocycles. The van der Waals surface area contributed by atoms with E-state index in [1.165, 1.54) is 26.7 Å². The SMILES string of the molecule is CCNC(c1cccc(C)c1)c1ccc(C)cc1Br. The monoisotopic (exact) mass is 317 g/mol. The fraction of sp³-hybridized carbons (Fsp3) is 0.294. The normalized spacial score (nSPS) is 12.4. The zero-order chi connectivity index (χ0) is 13.8. The first-order valence-corrected chi connectivity index (χ1v) is 7.47. The van der Waals surface area contributed by atoms with Gasteiger partial charge in [-0.05, 0) is 43.1 Å². The molecule has 0 spiro atoms. The van der Waals surface area contributed by atoms with Crippen molar-refractivity contribution in [3.63, 3.8) is 0 Å². The van der Waals surface area contributed by atoms with Crippen molar-refractivity contribution in [2.45, 2.75) is 26.8 Å². The molecule has 1 N–H and O–H groups in total. The van der Waals surface area contributed by atoms with Crippen LogP contribution in [0.5, 0.6) is 0 Å². The third-order valence-electron chi connectivity index (χ3n) is 3.25. The van der Waals surface area contributed by atoms with Crippen LogP contribution in [0.2, 0.25) is 0 Å². The molecule has 0 aliphatic rings. The molecule has 0 fully saturated rings. The topological polar surface area (TPSA) is 12.0 Å². The number of hydrogen-bond acceptors (Lipinski definition) is 1. The van der Waals surface area contributed by atoms with Gasteiger partial charge in [-0.25, -0.2) is 0 Å². The molecule has 100 valence electrons. The Hall–Kier alpha value is -1.12. The largest absolute Gasteiger partial charge is 0.306 e. The maximum absolute atomic E-state index is 3.69. The lowest BCUT2D eigenvalue weighted by Gasteiger charge is -2.21. The minimum Gasteiger partial charge on any atom is -0.306 e. The Labute approximate surface area is 124 Å². The second kappa shape index (κ2) is 6.36. The molecular weight excluding hydrogens is 298 g/mol. The van der Waals surface area contributed by atoms with Crippen molar-refractivity contribution in [3.8, 4) is 0 Å². The summed E-state index contributed by atoms with van der Waals surface area (Å²) in [6.07, 6.45) is 0. The van der Waals surface area contributed by atoms with Crippen LogP contribution in [-0.4, -0.2) is 6.54 Å². The van der Waals surface area contributed by atoms with E-state index in [9.17, 15) is 0 Å². The van der Waals surface area contributed by atoms with E-state index in [4.69, 9.17) is 0 Å². The van der Waals surface area contributed by atoms with Crippen LogP contribution in [0.25, 0.3) is 0 Å². The summed E-state index contributed by atoms with van der Waals surface area (Å²) in [6.45, 7) is 7.34. The third kappa shape index (κ3) is 3.46. The average Bonchev–Trinajstić information content (AvgIpc) is 2.37. The molecule has 2 aromatic rings. The lowest BCUT2D eigenvalue weighted by atomic mass is 9.96. The maximum Gasteiger partial charge on any atom is 0.0587 e. The molecule has 1 atom stereocenters. The highest BCUT2D eigenvalue weighted by molar-refractivity contribution is 9.10. The van der Waals surface area contributed by atoms with Gasteiger partial charge in [-0.1, -0.05) is 64.8 Å². The van der Waals surface area contributed by atoms with Gasteiger partial charge >= 0.3 is 0 Å². The van der Waals surface area contributed by atoms with Crippen molar-refractivity contribution in [3.05, 3.63) is 69.2 Å². The first kappa shape index (κ1) is 14.3. The van der Waals surface area contributed by atoms with Gasteiger partial charge in [-0.2, -0.15) is 0 Å². The highest BCUT2D eigenvalue weighted by Crippen LogP contribution is 2.29. The summed E-state index contributed by atoms with van der Waals surface area (Å²) < 4.78 is 1.17. The van der Waals surface area contributed by atoms with Crippen LogP contribution in [0.15, 0.2) is 46.9 Å². The molecule has 2 aromatic carbocycles. The lowest BCUT2D eigenvalue weighted by Crippen LogP contribution is -2.22. The Morgan fingerprint density at radius 2 is 1.79 bits per heavy atom. The van der Waals surface area contributed by atoms with Crippen LogP contribution in [0.3, 0.4) is 0 Å². The van der Waals surface area contributed by atoms with E-state index < -0.39 is 0 Å². The van der Waals surface area contributed by atoms with Gasteiger partial charge in [0.25, 0.3) is 0 Å². The molecule has 0 saturated heterocycles. The Morgan fingerprint density at radius 3 is 2.42 bits per heavy atom. The van der Waals surface area contributed by atoms with Crippen molar-refractivity contribution in [1.82, 2.24) is 5.32 Å². The molecule has 0 amide bonds. The molecule has 0 heterocycles. The molecule has 19 heavy (non-hydrogen) atoms. The fourth-order valence-electron chi connectivity index (χ4n) is 2.33. The smallest absolute Gasteiger partial charge is 0.0587 e. The number of benzene rings is 2. The Morgan fingerprint density at radius 1 is 1.05 bits per heavy atom. The van der Waals surface area contributed by atoms with Gasteiger partial charge < -0.3 is 5.32 Å². The van der Waals surface area contributed by atoms with E-state index >= 15 is 0 Å². The van der Waals surface area contributed by atoms with Crippen molar-refractivity contribution >= 4 is 15.9 Å².